The van der Waals surface area contributed by atoms with Gasteiger partial charge in [0, 0.05) is 13.6 Å². The first-order valence-electron chi connectivity index (χ1n) is 9.36. The Morgan fingerprint density at radius 3 is 2.63 bits per heavy atom. The lowest BCUT2D eigenvalue weighted by atomic mass is 10.0. The summed E-state index contributed by atoms with van der Waals surface area (Å²) in [6, 6.07) is 0. The van der Waals surface area contributed by atoms with Gasteiger partial charge < -0.3 is 10.0 Å². The number of aliphatic hydroxyl groups excluding tert-OH is 1. The Morgan fingerprint density at radius 2 is 2.07 bits per heavy atom. The van der Waals surface area contributed by atoms with Crippen molar-refractivity contribution in [3.63, 3.8) is 0 Å². The molecule has 30 heavy (non-hydrogen) atoms. The summed E-state index contributed by atoms with van der Waals surface area (Å²) in [4.78, 5) is 31.3. The van der Waals surface area contributed by atoms with E-state index in [9.17, 15) is 28.0 Å². The highest BCUT2D eigenvalue weighted by Crippen LogP contribution is 2.34. The summed E-state index contributed by atoms with van der Waals surface area (Å²) in [6.45, 7) is 1.30. The second-order valence-electron chi connectivity index (χ2n) is 6.60. The average molecular weight is 436 g/mol. The Hall–Kier alpha value is -2.67. The van der Waals surface area contributed by atoms with Crippen LogP contribution in [-0.2, 0) is 15.8 Å². The van der Waals surface area contributed by atoms with Gasteiger partial charge in [0.05, 0.1) is 31.0 Å². The molecule has 0 aliphatic carbocycles. The van der Waals surface area contributed by atoms with Gasteiger partial charge >= 0.3 is 6.18 Å². The van der Waals surface area contributed by atoms with Gasteiger partial charge in [0.1, 0.15) is 0 Å². The number of amides is 2. The minimum Gasteiger partial charge on any atom is -0.395 e. The van der Waals surface area contributed by atoms with Crippen LogP contribution < -0.4 is 15.8 Å². The molecule has 1 atom stereocenters. The largest absolute Gasteiger partial charge is 0.435 e. The fourth-order valence-corrected chi connectivity index (χ4v) is 2.63. The van der Waals surface area contributed by atoms with Gasteiger partial charge in [-0.25, -0.2) is 15.0 Å². The van der Waals surface area contributed by atoms with Crippen molar-refractivity contribution in [2.24, 2.45) is 5.92 Å². The molecule has 0 saturated carbocycles. The molecule has 0 radical (unpaired) electrons. The highest BCUT2D eigenvalue weighted by molar-refractivity contribution is 5.80. The summed E-state index contributed by atoms with van der Waals surface area (Å²) in [5, 5.41) is 18.6. The van der Waals surface area contributed by atoms with Crippen LogP contribution in [-0.4, -0.2) is 64.4 Å². The van der Waals surface area contributed by atoms with E-state index in [0.29, 0.717) is 17.9 Å². The minimum absolute atomic E-state index is 0.0518. The molecule has 0 unspecified atom stereocenters. The van der Waals surface area contributed by atoms with Crippen molar-refractivity contribution in [3.8, 4) is 0 Å². The Morgan fingerprint density at radius 1 is 1.37 bits per heavy atom. The number of aromatic nitrogens is 2. The zero-order valence-corrected chi connectivity index (χ0v) is 16.8. The van der Waals surface area contributed by atoms with E-state index in [-0.39, 0.29) is 31.8 Å². The first kappa shape index (κ1) is 25.4. The van der Waals surface area contributed by atoms with Gasteiger partial charge in [-0.1, -0.05) is 26.2 Å². The fourth-order valence-electron chi connectivity index (χ4n) is 2.63. The molecule has 0 saturated heterocycles. The molecule has 1 aromatic rings. The van der Waals surface area contributed by atoms with Crippen molar-refractivity contribution in [1.29, 1.82) is 0 Å². The summed E-state index contributed by atoms with van der Waals surface area (Å²) < 4.78 is 40.1. The number of hydrogen-bond acceptors (Lipinski definition) is 8. The third kappa shape index (κ3) is 7.99. The van der Waals surface area contributed by atoms with E-state index in [1.54, 1.807) is 0 Å². The molecule has 4 N–H and O–H groups in total. The zero-order valence-electron chi connectivity index (χ0n) is 16.8. The van der Waals surface area contributed by atoms with Crippen molar-refractivity contribution in [1.82, 2.24) is 20.5 Å². The smallest absolute Gasteiger partial charge is 0.395 e. The van der Waals surface area contributed by atoms with Crippen LogP contribution in [0.4, 0.5) is 24.8 Å². The number of alkyl halides is 3. The number of hydrazine groups is 1. The third-order valence-electron chi connectivity index (χ3n) is 4.24. The highest BCUT2D eigenvalue weighted by Gasteiger charge is 2.37. The number of nitrogens with zero attached hydrogens (tertiary/aromatic N) is 4. The van der Waals surface area contributed by atoms with Crippen LogP contribution in [0.2, 0.25) is 0 Å². The molecular formula is C17H27F3N6O4. The van der Waals surface area contributed by atoms with E-state index >= 15 is 0 Å². The third-order valence-corrected chi connectivity index (χ3v) is 4.24. The summed E-state index contributed by atoms with van der Waals surface area (Å²) in [5.41, 5.74) is 2.90. The van der Waals surface area contributed by atoms with Gasteiger partial charge in [0.2, 0.25) is 18.3 Å². The predicted molar refractivity (Wildman–Crippen MR) is 101 cm³/mol. The molecule has 1 aromatic heterocycles. The number of hydrogen-bond donors (Lipinski definition) is 4. The molecule has 0 spiro atoms. The summed E-state index contributed by atoms with van der Waals surface area (Å²) in [6.07, 6.45) is -0.923. The van der Waals surface area contributed by atoms with Crippen molar-refractivity contribution >= 4 is 24.0 Å². The Labute approximate surface area is 172 Å². The number of nitrogens with one attached hydrogen (secondary N) is 2. The van der Waals surface area contributed by atoms with Crippen LogP contribution in [0.3, 0.4) is 0 Å². The summed E-state index contributed by atoms with van der Waals surface area (Å²) >= 11 is 0. The molecule has 2 amide bonds. The number of rotatable bonds is 13. The maximum atomic E-state index is 13.4. The highest BCUT2D eigenvalue weighted by atomic mass is 19.4. The summed E-state index contributed by atoms with van der Waals surface area (Å²) in [5.74, 6) is -1.90. The lowest BCUT2D eigenvalue weighted by molar-refractivity contribution is -0.154. The Bertz CT molecular complexity index is 692. The van der Waals surface area contributed by atoms with Gasteiger partial charge in [-0.05, 0) is 6.42 Å². The number of aliphatic hydroxyl groups is 1. The number of unbranched alkanes of at least 4 members (excludes halogenated alkanes) is 2. The number of likely N-dealkylation sites (N-methyl/N-ethyl adjacent to an activating group) is 1. The van der Waals surface area contributed by atoms with Crippen molar-refractivity contribution in [2.75, 3.05) is 37.1 Å². The monoisotopic (exact) mass is 436 g/mol. The number of halogens is 3. The van der Waals surface area contributed by atoms with Crippen LogP contribution in [0.15, 0.2) is 6.20 Å². The maximum Gasteiger partial charge on any atom is 0.435 e. The van der Waals surface area contributed by atoms with E-state index in [0.717, 1.165) is 23.9 Å². The van der Waals surface area contributed by atoms with E-state index in [1.165, 1.54) is 7.05 Å². The molecule has 13 heteroatoms. The fraction of sp³-hybridized carbons (Fsp3) is 0.647. The van der Waals surface area contributed by atoms with E-state index in [2.05, 4.69) is 20.8 Å². The Kier molecular flexibility index (Phi) is 10.3. The maximum absolute atomic E-state index is 13.4. The topological polar surface area (TPSA) is 131 Å². The standard InChI is InChI=1S/C17H27F3N6O4/c1-3-4-5-6-12(10-26(30)11-28)15(29)23-24-16-21-9-13(25(2)7-8-27)14(22-16)17(18,19)20/h9,11-12,27,30H,3-8,10H2,1-2H3,(H,23,29)(H,21,22,24)/t12-/m1/s1. The molecule has 0 aliphatic heterocycles. The minimum atomic E-state index is -4.79. The molecule has 0 aromatic carbocycles. The van der Waals surface area contributed by atoms with Crippen LogP contribution >= 0.6 is 0 Å². The van der Waals surface area contributed by atoms with Crippen molar-refractivity contribution in [2.45, 2.75) is 38.8 Å². The first-order chi connectivity index (χ1) is 14.1. The quantitative estimate of drug-likeness (QED) is 0.158. The predicted octanol–water partition coefficient (Wildman–Crippen LogP) is 1.41. The molecular weight excluding hydrogens is 409 g/mol. The molecule has 0 fully saturated rings. The van der Waals surface area contributed by atoms with Crippen LogP contribution in [0.1, 0.15) is 38.3 Å². The van der Waals surface area contributed by atoms with Crippen molar-refractivity contribution in [3.05, 3.63) is 11.9 Å². The molecule has 1 heterocycles. The van der Waals surface area contributed by atoms with E-state index in [4.69, 9.17) is 5.11 Å². The summed E-state index contributed by atoms with van der Waals surface area (Å²) in [7, 11) is 1.35. The van der Waals surface area contributed by atoms with Gasteiger partial charge in [0.15, 0.2) is 5.69 Å². The second-order valence-corrected chi connectivity index (χ2v) is 6.60. The number of carbonyl (C=O) groups excluding carboxylic acids is 2. The molecule has 170 valence electrons. The van der Waals surface area contributed by atoms with Gasteiger partial charge in [0.25, 0.3) is 0 Å². The molecule has 1 rings (SSSR count). The number of hydroxylamine groups is 2. The normalized spacial score (nSPS) is 12.2. The second kappa shape index (κ2) is 12.1. The molecule has 10 nitrogen and oxygen atoms in total. The lowest BCUT2D eigenvalue weighted by Crippen LogP contribution is -2.40. The van der Waals surface area contributed by atoms with Gasteiger partial charge in [-0.2, -0.15) is 13.2 Å². The van der Waals surface area contributed by atoms with Crippen molar-refractivity contribution < 1.29 is 33.1 Å². The number of anilines is 2. The van der Waals surface area contributed by atoms with E-state index < -0.39 is 29.6 Å². The van der Waals surface area contributed by atoms with Crippen LogP contribution in [0.5, 0.6) is 0 Å². The first-order valence-corrected chi connectivity index (χ1v) is 9.36. The van der Waals surface area contributed by atoms with Gasteiger partial charge in [-0.15, -0.1) is 0 Å². The Balaban J connectivity index is 2.91. The van der Waals surface area contributed by atoms with E-state index in [1.807, 2.05) is 6.92 Å². The SMILES string of the molecule is CCCCC[C@H](CN(O)C=O)C(=O)NNc1ncc(N(C)CCO)c(C(F)(F)F)n1. The lowest BCUT2D eigenvalue weighted by Gasteiger charge is -2.22. The van der Waals surface area contributed by atoms with Crippen LogP contribution in [0, 0.1) is 5.92 Å². The number of carbonyl (C=O) groups is 2. The van der Waals surface area contributed by atoms with Gasteiger partial charge in [-0.3, -0.25) is 25.6 Å². The van der Waals surface area contributed by atoms with Crippen LogP contribution in [0.25, 0.3) is 0 Å². The molecule has 0 bridgehead atoms. The zero-order chi connectivity index (χ0) is 22.7. The molecule has 0 aliphatic rings. The average Bonchev–Trinajstić information content (AvgIpc) is 2.70.